The van der Waals surface area contributed by atoms with Gasteiger partial charge in [0.05, 0.1) is 12.7 Å². The molecular weight excluding hydrogens is 248 g/mol. The summed E-state index contributed by atoms with van der Waals surface area (Å²) >= 11 is 0. The number of aliphatic carboxylic acids is 1. The summed E-state index contributed by atoms with van der Waals surface area (Å²) in [5, 5.41) is 18.2. The van der Waals surface area contributed by atoms with E-state index in [9.17, 15) is 9.90 Å². The maximum Gasteiger partial charge on any atom is 0.347 e. The van der Waals surface area contributed by atoms with E-state index >= 15 is 0 Å². The van der Waals surface area contributed by atoms with E-state index in [0.29, 0.717) is 17.1 Å². The van der Waals surface area contributed by atoms with Gasteiger partial charge in [-0.15, -0.1) is 0 Å². The first-order valence-electron chi connectivity index (χ1n) is 6.08. The number of benzene rings is 1. The molecule has 0 unspecified atom stereocenters. The van der Waals surface area contributed by atoms with Crippen LogP contribution in [0.2, 0.25) is 0 Å². The summed E-state index contributed by atoms with van der Waals surface area (Å²) in [4.78, 5) is 11.0. The fourth-order valence-corrected chi connectivity index (χ4v) is 1.46. The first-order chi connectivity index (χ1) is 8.74. The molecule has 0 amide bonds. The second-order valence-corrected chi connectivity index (χ2v) is 5.05. The molecule has 0 heterocycles. The van der Waals surface area contributed by atoms with Crippen LogP contribution in [0, 0.1) is 0 Å². The van der Waals surface area contributed by atoms with Crippen molar-refractivity contribution in [1.29, 1.82) is 0 Å². The van der Waals surface area contributed by atoms with Crippen LogP contribution >= 0.6 is 0 Å². The van der Waals surface area contributed by atoms with Crippen LogP contribution in [0.15, 0.2) is 18.2 Å². The summed E-state index contributed by atoms with van der Waals surface area (Å²) in [5.41, 5.74) is -0.738. The zero-order valence-electron chi connectivity index (χ0n) is 11.6. The first kappa shape index (κ1) is 15.3. The molecule has 0 saturated heterocycles. The van der Waals surface area contributed by atoms with Gasteiger partial charge in [-0.2, -0.15) is 0 Å². The number of ether oxygens (including phenoxy) is 2. The van der Waals surface area contributed by atoms with E-state index in [1.807, 2.05) is 13.8 Å². The topological polar surface area (TPSA) is 76.0 Å². The summed E-state index contributed by atoms with van der Waals surface area (Å²) in [7, 11) is 0. The van der Waals surface area contributed by atoms with Gasteiger partial charge in [-0.1, -0.05) is 0 Å². The van der Waals surface area contributed by atoms with Gasteiger partial charge in [-0.05, 0) is 45.4 Å². The van der Waals surface area contributed by atoms with Gasteiger partial charge >= 0.3 is 5.97 Å². The molecule has 0 aromatic heterocycles. The summed E-state index contributed by atoms with van der Waals surface area (Å²) in [6.07, 6.45) is -0.0192. The van der Waals surface area contributed by atoms with Gasteiger partial charge in [0, 0.05) is 6.07 Å². The molecule has 0 aliphatic heterocycles. The third kappa shape index (κ3) is 4.44. The van der Waals surface area contributed by atoms with Crippen molar-refractivity contribution in [3.05, 3.63) is 23.8 Å². The quantitative estimate of drug-likeness (QED) is 0.827. The Morgan fingerprint density at radius 3 is 2.32 bits per heavy atom. The number of hydrogen-bond acceptors (Lipinski definition) is 4. The molecule has 1 aromatic carbocycles. The van der Waals surface area contributed by atoms with Crippen molar-refractivity contribution in [1.82, 2.24) is 0 Å². The van der Waals surface area contributed by atoms with Gasteiger partial charge in [0.2, 0.25) is 0 Å². The Balaban J connectivity index is 3.03. The molecule has 1 rings (SSSR count). The van der Waals surface area contributed by atoms with Crippen molar-refractivity contribution >= 4 is 5.97 Å². The van der Waals surface area contributed by atoms with Crippen molar-refractivity contribution in [2.45, 2.75) is 46.0 Å². The van der Waals surface area contributed by atoms with Crippen LogP contribution in [0.3, 0.4) is 0 Å². The lowest BCUT2D eigenvalue weighted by atomic mass is 10.1. The Labute approximate surface area is 112 Å². The predicted molar refractivity (Wildman–Crippen MR) is 70.5 cm³/mol. The van der Waals surface area contributed by atoms with Gasteiger partial charge in [0.1, 0.15) is 11.5 Å². The molecule has 0 spiro atoms. The van der Waals surface area contributed by atoms with Crippen molar-refractivity contribution in [3.8, 4) is 11.5 Å². The minimum atomic E-state index is -1.34. The van der Waals surface area contributed by atoms with Crippen LogP contribution in [-0.2, 0) is 11.4 Å². The molecule has 106 valence electrons. The standard InChI is InChI=1S/C14H20O5/c1-9(2)18-11-5-10(8-15)6-12(7-11)19-14(3,4)13(16)17/h5-7,9,15H,8H2,1-4H3,(H,16,17). The summed E-state index contributed by atoms with van der Waals surface area (Å²) in [6.45, 7) is 6.52. The highest BCUT2D eigenvalue weighted by molar-refractivity contribution is 5.76. The Bertz CT molecular complexity index is 451. The molecular formula is C14H20O5. The van der Waals surface area contributed by atoms with Crippen LogP contribution < -0.4 is 9.47 Å². The van der Waals surface area contributed by atoms with Gasteiger partial charge in [0.25, 0.3) is 0 Å². The van der Waals surface area contributed by atoms with Crippen LogP contribution in [0.4, 0.5) is 0 Å². The predicted octanol–water partition coefficient (Wildman–Crippen LogP) is 2.21. The van der Waals surface area contributed by atoms with Gasteiger partial charge in [0.15, 0.2) is 5.60 Å². The molecule has 5 heteroatoms. The van der Waals surface area contributed by atoms with Crippen LogP contribution in [0.5, 0.6) is 11.5 Å². The highest BCUT2D eigenvalue weighted by atomic mass is 16.5. The van der Waals surface area contributed by atoms with Crippen LogP contribution in [-0.4, -0.2) is 27.9 Å². The third-order valence-electron chi connectivity index (χ3n) is 2.38. The zero-order chi connectivity index (χ0) is 14.6. The first-order valence-corrected chi connectivity index (χ1v) is 6.08. The third-order valence-corrected chi connectivity index (χ3v) is 2.38. The fourth-order valence-electron chi connectivity index (χ4n) is 1.46. The largest absolute Gasteiger partial charge is 0.491 e. The summed E-state index contributed by atoms with van der Waals surface area (Å²) in [6, 6.07) is 4.91. The van der Waals surface area contributed by atoms with Crippen LogP contribution in [0.1, 0.15) is 33.3 Å². The fraction of sp³-hybridized carbons (Fsp3) is 0.500. The van der Waals surface area contributed by atoms with Gasteiger partial charge in [-0.25, -0.2) is 4.79 Å². The molecule has 0 atom stereocenters. The van der Waals surface area contributed by atoms with E-state index < -0.39 is 11.6 Å². The second kappa shape index (κ2) is 5.93. The lowest BCUT2D eigenvalue weighted by Gasteiger charge is -2.22. The Kier molecular flexibility index (Phi) is 4.78. The van der Waals surface area contributed by atoms with Crippen molar-refractivity contribution < 1.29 is 24.5 Å². The minimum absolute atomic E-state index is 0.0192. The lowest BCUT2D eigenvalue weighted by molar-refractivity contribution is -0.152. The smallest absolute Gasteiger partial charge is 0.347 e. The normalized spacial score (nSPS) is 11.5. The van der Waals surface area contributed by atoms with Crippen molar-refractivity contribution in [3.63, 3.8) is 0 Å². The average molecular weight is 268 g/mol. The number of rotatable bonds is 6. The maximum absolute atomic E-state index is 11.0. The average Bonchev–Trinajstić information content (AvgIpc) is 2.26. The molecule has 2 N–H and O–H groups in total. The molecule has 0 radical (unpaired) electrons. The van der Waals surface area contributed by atoms with E-state index in [4.69, 9.17) is 14.6 Å². The maximum atomic E-state index is 11.0. The molecule has 5 nitrogen and oxygen atoms in total. The summed E-state index contributed by atoms with van der Waals surface area (Å²) in [5.74, 6) is -0.166. The molecule has 1 aromatic rings. The van der Waals surface area contributed by atoms with E-state index in [0.717, 1.165) is 0 Å². The van der Waals surface area contributed by atoms with E-state index in [-0.39, 0.29) is 12.7 Å². The monoisotopic (exact) mass is 268 g/mol. The summed E-state index contributed by atoms with van der Waals surface area (Å²) < 4.78 is 11.0. The van der Waals surface area contributed by atoms with E-state index in [1.54, 1.807) is 18.2 Å². The number of hydrogen-bond donors (Lipinski definition) is 2. The molecule has 0 fully saturated rings. The Morgan fingerprint density at radius 1 is 1.26 bits per heavy atom. The van der Waals surface area contributed by atoms with Crippen molar-refractivity contribution in [2.75, 3.05) is 0 Å². The van der Waals surface area contributed by atoms with Crippen LogP contribution in [0.25, 0.3) is 0 Å². The number of carbonyl (C=O) groups is 1. The van der Waals surface area contributed by atoms with Gasteiger partial charge in [-0.3, -0.25) is 0 Å². The SMILES string of the molecule is CC(C)Oc1cc(CO)cc(OC(C)(C)C(=O)O)c1. The number of aliphatic hydroxyl groups is 1. The number of aliphatic hydroxyl groups excluding tert-OH is 1. The minimum Gasteiger partial charge on any atom is -0.491 e. The molecule has 0 bridgehead atoms. The molecule has 0 saturated carbocycles. The van der Waals surface area contributed by atoms with Gasteiger partial charge < -0.3 is 19.7 Å². The molecule has 0 aliphatic carbocycles. The highest BCUT2D eigenvalue weighted by Crippen LogP contribution is 2.27. The van der Waals surface area contributed by atoms with E-state index in [1.165, 1.54) is 13.8 Å². The molecule has 0 aliphatic rings. The number of carboxylic acids is 1. The number of carboxylic acid groups (broad SMARTS) is 1. The Hall–Kier alpha value is -1.75. The highest BCUT2D eigenvalue weighted by Gasteiger charge is 2.29. The Morgan fingerprint density at radius 2 is 1.84 bits per heavy atom. The van der Waals surface area contributed by atoms with Crippen molar-refractivity contribution in [2.24, 2.45) is 0 Å². The second-order valence-electron chi connectivity index (χ2n) is 5.05. The lowest BCUT2D eigenvalue weighted by Crippen LogP contribution is -2.37. The van der Waals surface area contributed by atoms with E-state index in [2.05, 4.69) is 0 Å². The zero-order valence-corrected chi connectivity index (χ0v) is 11.6. The molecule has 19 heavy (non-hydrogen) atoms.